The van der Waals surface area contributed by atoms with E-state index in [1.165, 1.54) is 6.07 Å². The number of allylic oxidation sites excluding steroid dienone is 1. The van der Waals surface area contributed by atoms with E-state index in [0.29, 0.717) is 5.02 Å². The minimum Gasteiger partial charge on any atom is -0.205 e. The molecule has 0 unspecified atom stereocenters. The highest BCUT2D eigenvalue weighted by atomic mass is 35.5. The number of hydrogen-bond donors (Lipinski definition) is 0. The van der Waals surface area contributed by atoms with Crippen LogP contribution in [0.4, 0.5) is 4.39 Å². The molecule has 0 aromatic heterocycles. The number of hydrogen-bond acceptors (Lipinski definition) is 0. The normalized spacial score (nSPS) is 11.7. The van der Waals surface area contributed by atoms with Crippen LogP contribution in [-0.2, 0) is 0 Å². The summed E-state index contributed by atoms with van der Waals surface area (Å²) in [6.45, 7) is 1.97. The lowest BCUT2D eigenvalue weighted by molar-refractivity contribution is 0.628. The average Bonchev–Trinajstić information content (AvgIpc) is 2.34. The van der Waals surface area contributed by atoms with Crippen LogP contribution < -0.4 is 0 Å². The fourth-order valence-corrected chi connectivity index (χ4v) is 1.89. The Morgan fingerprint density at radius 2 is 1.72 bits per heavy atom. The summed E-state index contributed by atoms with van der Waals surface area (Å²) in [6.07, 6.45) is 1.91. The first-order valence-electron chi connectivity index (χ1n) is 5.45. The Hall–Kier alpha value is -1.31. The third kappa shape index (κ3) is 3.12. The Morgan fingerprint density at radius 1 is 1.06 bits per heavy atom. The highest BCUT2D eigenvalue weighted by molar-refractivity contribution is 6.31. The molecule has 3 heteroatoms. The first kappa shape index (κ1) is 13.1. The van der Waals surface area contributed by atoms with Gasteiger partial charge in [-0.25, -0.2) is 4.39 Å². The third-order valence-electron chi connectivity index (χ3n) is 2.63. The average molecular weight is 281 g/mol. The molecule has 0 heterocycles. The maximum Gasteiger partial charge on any atom is 0.142 e. The summed E-state index contributed by atoms with van der Waals surface area (Å²) in [7, 11) is 0. The van der Waals surface area contributed by atoms with Gasteiger partial charge in [0.15, 0.2) is 0 Å². The molecule has 2 aromatic rings. The van der Waals surface area contributed by atoms with Gasteiger partial charge < -0.3 is 0 Å². The minimum atomic E-state index is -0.408. The van der Waals surface area contributed by atoms with Gasteiger partial charge in [-0.15, -0.1) is 0 Å². The van der Waals surface area contributed by atoms with E-state index in [9.17, 15) is 4.39 Å². The highest BCUT2D eigenvalue weighted by Gasteiger charge is 2.01. The summed E-state index contributed by atoms with van der Waals surface area (Å²) in [5, 5.41) is 0.834. The fourth-order valence-electron chi connectivity index (χ4n) is 1.65. The Balaban J connectivity index is 2.32. The Labute approximate surface area is 116 Å². The molecule has 0 aliphatic carbocycles. The summed E-state index contributed by atoms with van der Waals surface area (Å²) in [6, 6.07) is 12.3. The Morgan fingerprint density at radius 3 is 2.33 bits per heavy atom. The van der Waals surface area contributed by atoms with Crippen LogP contribution in [0.25, 0.3) is 11.6 Å². The van der Waals surface area contributed by atoms with E-state index in [1.807, 2.05) is 37.3 Å². The van der Waals surface area contributed by atoms with E-state index < -0.39 is 5.82 Å². The molecule has 0 nitrogen and oxygen atoms in total. The van der Waals surface area contributed by atoms with Gasteiger partial charge in [0, 0.05) is 5.02 Å². The van der Waals surface area contributed by atoms with Gasteiger partial charge in [0.1, 0.15) is 5.82 Å². The SMILES string of the molecule is CC(=Cc1ccc(Cl)c(F)c1)c1ccc(Cl)cc1. The highest BCUT2D eigenvalue weighted by Crippen LogP contribution is 2.22. The van der Waals surface area contributed by atoms with Gasteiger partial charge in [0.25, 0.3) is 0 Å². The predicted octanol–water partition coefficient (Wildman–Crippen LogP) is 5.69. The molecule has 0 fully saturated rings. The predicted molar refractivity (Wildman–Crippen MR) is 76.4 cm³/mol. The molecule has 0 bridgehead atoms. The van der Waals surface area contributed by atoms with Crippen molar-refractivity contribution in [3.8, 4) is 0 Å². The zero-order valence-corrected chi connectivity index (χ0v) is 11.3. The van der Waals surface area contributed by atoms with Gasteiger partial charge in [-0.3, -0.25) is 0 Å². The minimum absolute atomic E-state index is 0.135. The van der Waals surface area contributed by atoms with Crippen LogP contribution in [0.2, 0.25) is 10.0 Å². The van der Waals surface area contributed by atoms with Gasteiger partial charge in [0.2, 0.25) is 0 Å². The van der Waals surface area contributed by atoms with E-state index in [-0.39, 0.29) is 5.02 Å². The van der Waals surface area contributed by atoms with Crippen LogP contribution >= 0.6 is 23.2 Å². The summed E-state index contributed by atoms with van der Waals surface area (Å²) in [5.41, 5.74) is 2.87. The lowest BCUT2D eigenvalue weighted by atomic mass is 10.0. The van der Waals surface area contributed by atoms with Gasteiger partial charge in [0.05, 0.1) is 5.02 Å². The van der Waals surface area contributed by atoms with E-state index >= 15 is 0 Å². The van der Waals surface area contributed by atoms with Crippen molar-refractivity contribution in [1.29, 1.82) is 0 Å². The van der Waals surface area contributed by atoms with Crippen LogP contribution in [0.15, 0.2) is 42.5 Å². The molecule has 2 aromatic carbocycles. The molecule has 0 spiro atoms. The van der Waals surface area contributed by atoms with Gasteiger partial charge in [-0.05, 0) is 47.9 Å². The van der Waals surface area contributed by atoms with Crippen LogP contribution in [0.3, 0.4) is 0 Å². The third-order valence-corrected chi connectivity index (χ3v) is 3.18. The van der Waals surface area contributed by atoms with Crippen molar-refractivity contribution in [1.82, 2.24) is 0 Å². The fraction of sp³-hybridized carbons (Fsp3) is 0.0667. The Bertz CT molecular complexity index is 586. The maximum absolute atomic E-state index is 13.3. The Kier molecular flexibility index (Phi) is 4.05. The summed E-state index contributed by atoms with van der Waals surface area (Å²) in [4.78, 5) is 0. The topological polar surface area (TPSA) is 0 Å². The molecule has 18 heavy (non-hydrogen) atoms. The van der Waals surface area contributed by atoms with Crippen LogP contribution in [0.1, 0.15) is 18.1 Å². The number of benzene rings is 2. The van der Waals surface area contributed by atoms with Crippen LogP contribution in [-0.4, -0.2) is 0 Å². The van der Waals surface area contributed by atoms with Crippen molar-refractivity contribution in [3.05, 3.63) is 69.5 Å². The van der Waals surface area contributed by atoms with Crippen LogP contribution in [0, 0.1) is 5.82 Å². The van der Waals surface area contributed by atoms with Gasteiger partial charge in [-0.2, -0.15) is 0 Å². The van der Waals surface area contributed by atoms with Crippen molar-refractivity contribution in [2.45, 2.75) is 6.92 Å². The van der Waals surface area contributed by atoms with E-state index in [2.05, 4.69) is 0 Å². The maximum atomic E-state index is 13.3. The molecule has 0 N–H and O–H groups in total. The molecular weight excluding hydrogens is 270 g/mol. The molecule has 0 saturated heterocycles. The molecule has 2 rings (SSSR count). The molecule has 0 amide bonds. The number of halogens is 3. The lowest BCUT2D eigenvalue weighted by Crippen LogP contribution is -1.82. The molecule has 0 aliphatic heterocycles. The van der Waals surface area contributed by atoms with Crippen molar-refractivity contribution in [2.24, 2.45) is 0 Å². The second kappa shape index (κ2) is 5.55. The smallest absolute Gasteiger partial charge is 0.142 e. The van der Waals surface area contributed by atoms with Crippen molar-refractivity contribution in [2.75, 3.05) is 0 Å². The second-order valence-corrected chi connectivity index (χ2v) is 4.85. The largest absolute Gasteiger partial charge is 0.205 e. The van der Waals surface area contributed by atoms with E-state index in [4.69, 9.17) is 23.2 Å². The van der Waals surface area contributed by atoms with E-state index in [0.717, 1.165) is 16.7 Å². The molecule has 0 aliphatic rings. The van der Waals surface area contributed by atoms with Crippen molar-refractivity contribution >= 4 is 34.9 Å². The van der Waals surface area contributed by atoms with Crippen molar-refractivity contribution in [3.63, 3.8) is 0 Å². The zero-order chi connectivity index (χ0) is 13.1. The summed E-state index contributed by atoms with van der Waals surface area (Å²) < 4.78 is 13.3. The molecule has 0 radical (unpaired) electrons. The second-order valence-electron chi connectivity index (χ2n) is 4.01. The van der Waals surface area contributed by atoms with Crippen LogP contribution in [0.5, 0.6) is 0 Å². The molecule has 92 valence electrons. The zero-order valence-electron chi connectivity index (χ0n) is 9.75. The first-order valence-corrected chi connectivity index (χ1v) is 6.21. The standard InChI is InChI=1S/C15H11Cl2F/c1-10(12-3-5-13(16)6-4-12)8-11-2-7-14(17)15(18)9-11/h2-9H,1H3. The number of rotatable bonds is 2. The van der Waals surface area contributed by atoms with Gasteiger partial charge >= 0.3 is 0 Å². The monoisotopic (exact) mass is 280 g/mol. The van der Waals surface area contributed by atoms with Gasteiger partial charge in [-0.1, -0.05) is 47.5 Å². The van der Waals surface area contributed by atoms with E-state index in [1.54, 1.807) is 12.1 Å². The van der Waals surface area contributed by atoms with Crippen molar-refractivity contribution < 1.29 is 4.39 Å². The summed E-state index contributed by atoms with van der Waals surface area (Å²) >= 11 is 11.5. The summed E-state index contributed by atoms with van der Waals surface area (Å²) in [5.74, 6) is -0.408. The quantitative estimate of drug-likeness (QED) is 0.620. The molecule has 0 atom stereocenters. The molecular formula is C15H11Cl2F. The molecule has 0 saturated carbocycles. The lowest BCUT2D eigenvalue weighted by Gasteiger charge is -2.03. The first-order chi connectivity index (χ1) is 8.56.